The maximum Gasteiger partial charge on any atom is 0.255 e. The zero-order chi connectivity index (χ0) is 21.5. The van der Waals surface area contributed by atoms with Crippen LogP contribution >= 0.6 is 0 Å². The molecule has 4 rings (SSSR count). The lowest BCUT2D eigenvalue weighted by molar-refractivity contribution is -0.916. The largest absolute Gasteiger partial charge is 0.395 e. The van der Waals surface area contributed by atoms with Gasteiger partial charge in [0.25, 0.3) is 5.69 Å². The molecule has 0 aliphatic heterocycles. The molecule has 0 aliphatic carbocycles. The first-order chi connectivity index (χ1) is 14.3. The summed E-state index contributed by atoms with van der Waals surface area (Å²) in [7, 11) is 0. The Morgan fingerprint density at radius 3 is 2.73 bits per heavy atom. The molecule has 0 unspecified atom stereocenters. The summed E-state index contributed by atoms with van der Waals surface area (Å²) in [6, 6.07) is 11.6. The zero-order valence-corrected chi connectivity index (χ0v) is 16.6. The lowest BCUT2D eigenvalue weighted by atomic mass is 9.90. The molecule has 0 amide bonds. The molecule has 9 heteroatoms. The average Bonchev–Trinajstić information content (AvgIpc) is 3.18. The van der Waals surface area contributed by atoms with Crippen LogP contribution < -0.4 is 10.5 Å². The van der Waals surface area contributed by atoms with Crippen LogP contribution in [0.5, 0.6) is 0 Å². The summed E-state index contributed by atoms with van der Waals surface area (Å²) >= 11 is 0. The Labute approximate surface area is 172 Å². The number of halogens is 1. The van der Waals surface area contributed by atoms with Gasteiger partial charge in [-0.05, 0) is 32.0 Å². The monoisotopic (exact) mass is 409 g/mol. The molecule has 1 aromatic carbocycles. The van der Waals surface area contributed by atoms with E-state index in [1.165, 1.54) is 6.07 Å². The molecule has 3 heterocycles. The van der Waals surface area contributed by atoms with Crippen molar-refractivity contribution in [2.45, 2.75) is 25.8 Å². The number of aliphatic hydroxyl groups is 1. The first-order valence-electron chi connectivity index (χ1n) is 9.40. The van der Waals surface area contributed by atoms with Gasteiger partial charge in [0, 0.05) is 27.8 Å². The van der Waals surface area contributed by atoms with Crippen molar-refractivity contribution in [2.24, 2.45) is 0 Å². The highest BCUT2D eigenvalue weighted by molar-refractivity contribution is 5.95. The summed E-state index contributed by atoms with van der Waals surface area (Å²) in [4.78, 5) is 4.08. The number of nitrogens with zero attached hydrogens (tertiary/aromatic N) is 5. The number of aliphatic hydroxyl groups excluding tert-OH is 1. The van der Waals surface area contributed by atoms with E-state index in [2.05, 4.69) is 15.3 Å². The Morgan fingerprint density at radius 1 is 1.20 bits per heavy atom. The van der Waals surface area contributed by atoms with Gasteiger partial charge >= 0.3 is 0 Å². The second kappa shape index (κ2) is 7.34. The van der Waals surface area contributed by atoms with Gasteiger partial charge in [0.2, 0.25) is 5.69 Å². The molecule has 8 nitrogen and oxygen atoms in total. The molecule has 0 saturated carbocycles. The molecule has 0 spiro atoms. The van der Waals surface area contributed by atoms with Gasteiger partial charge in [-0.3, -0.25) is 5.21 Å². The first-order valence-corrected chi connectivity index (χ1v) is 9.40. The third-order valence-electron chi connectivity index (χ3n) is 5.08. The normalized spacial score (nSPS) is 11.9. The summed E-state index contributed by atoms with van der Waals surface area (Å²) in [6.45, 7) is 3.80. The number of fused-ring (bicyclic) bond motifs is 1. The third kappa shape index (κ3) is 3.43. The highest BCUT2D eigenvalue weighted by atomic mass is 19.1. The summed E-state index contributed by atoms with van der Waals surface area (Å²) in [5, 5.41) is 29.2. The molecule has 0 aliphatic rings. The molecule has 0 bridgehead atoms. The maximum atomic E-state index is 14.2. The van der Waals surface area contributed by atoms with E-state index in [-0.39, 0.29) is 24.5 Å². The van der Waals surface area contributed by atoms with Crippen molar-refractivity contribution in [1.29, 1.82) is 0 Å². The van der Waals surface area contributed by atoms with Crippen LogP contribution in [0, 0.1) is 5.82 Å². The van der Waals surface area contributed by atoms with Crippen LogP contribution in [0.4, 0.5) is 10.2 Å². The fourth-order valence-corrected chi connectivity index (χ4v) is 3.37. The van der Waals surface area contributed by atoms with E-state index in [4.69, 9.17) is 5.73 Å². The fourth-order valence-electron chi connectivity index (χ4n) is 3.37. The van der Waals surface area contributed by atoms with E-state index in [1.54, 1.807) is 41.2 Å². The van der Waals surface area contributed by atoms with Gasteiger partial charge < -0.3 is 10.8 Å². The van der Waals surface area contributed by atoms with E-state index in [0.29, 0.717) is 28.0 Å². The van der Waals surface area contributed by atoms with Gasteiger partial charge in [-0.15, -0.1) is 5.10 Å². The highest BCUT2D eigenvalue weighted by Gasteiger charge is 2.32. The number of rotatable bonds is 5. The lowest BCUT2D eigenvalue weighted by Gasteiger charge is -2.17. The minimum atomic E-state index is -0.615. The maximum absolute atomic E-state index is 14.2. The molecular formula is C21H22FN6O2+. The molecule has 4 aromatic rings. The minimum absolute atomic E-state index is 0.114. The number of benzene rings is 1. The second-order valence-corrected chi connectivity index (χ2v) is 7.79. The van der Waals surface area contributed by atoms with Gasteiger partial charge in [0.15, 0.2) is 0 Å². The Balaban J connectivity index is 1.71. The number of hydrogen-bond acceptors (Lipinski definition) is 6. The molecule has 0 atom stereocenters. The number of aromatic nitrogens is 5. The highest BCUT2D eigenvalue weighted by Crippen LogP contribution is 2.29. The van der Waals surface area contributed by atoms with Crippen molar-refractivity contribution in [3.8, 4) is 11.3 Å². The summed E-state index contributed by atoms with van der Waals surface area (Å²) in [6.07, 6.45) is 1.70. The third-order valence-corrected chi connectivity index (χ3v) is 5.08. The van der Waals surface area contributed by atoms with E-state index in [9.17, 15) is 14.7 Å². The van der Waals surface area contributed by atoms with E-state index in [1.807, 2.05) is 19.9 Å². The van der Waals surface area contributed by atoms with Crippen LogP contribution in [-0.4, -0.2) is 36.9 Å². The molecule has 3 aromatic heterocycles. The number of para-hydroxylation sites is 1. The van der Waals surface area contributed by atoms with E-state index in [0.717, 1.165) is 4.73 Å². The second-order valence-electron chi connectivity index (χ2n) is 7.79. The Kier molecular flexibility index (Phi) is 4.83. The smallest absolute Gasteiger partial charge is 0.255 e. The SMILES string of the molecule is CC(C)(CO)c1cccc(Cn2cc(-c3cc(N)nc4c(F)cccc34)nn2)[n+]1O. The molecule has 0 radical (unpaired) electrons. The van der Waals surface area contributed by atoms with Crippen LogP contribution in [0.2, 0.25) is 0 Å². The summed E-state index contributed by atoms with van der Waals surface area (Å²) in [5.74, 6) is -0.276. The van der Waals surface area contributed by atoms with Gasteiger partial charge in [0.05, 0.1) is 18.2 Å². The van der Waals surface area contributed by atoms with Gasteiger partial charge in [0.1, 0.15) is 29.4 Å². The summed E-state index contributed by atoms with van der Waals surface area (Å²) in [5.41, 5.74) is 7.69. The van der Waals surface area contributed by atoms with Crippen LogP contribution in [-0.2, 0) is 12.0 Å². The molecular weight excluding hydrogens is 387 g/mol. The minimum Gasteiger partial charge on any atom is -0.395 e. The van der Waals surface area contributed by atoms with Crippen LogP contribution in [0.25, 0.3) is 22.2 Å². The molecule has 0 saturated heterocycles. The summed E-state index contributed by atoms with van der Waals surface area (Å²) < 4.78 is 16.8. The Bertz CT molecular complexity index is 1240. The van der Waals surface area contributed by atoms with Crippen molar-refractivity contribution in [1.82, 2.24) is 20.0 Å². The molecule has 30 heavy (non-hydrogen) atoms. The first kappa shape index (κ1) is 19.7. The van der Waals surface area contributed by atoms with Crippen molar-refractivity contribution in [2.75, 3.05) is 12.3 Å². The van der Waals surface area contributed by atoms with E-state index >= 15 is 0 Å². The number of anilines is 1. The van der Waals surface area contributed by atoms with Crippen LogP contribution in [0.3, 0.4) is 0 Å². The number of nitrogens with two attached hydrogens (primary N) is 1. The number of nitrogen functional groups attached to an aromatic ring is 1. The number of hydrogen-bond donors (Lipinski definition) is 3. The van der Waals surface area contributed by atoms with Crippen molar-refractivity contribution >= 4 is 16.7 Å². The van der Waals surface area contributed by atoms with Crippen LogP contribution in [0.1, 0.15) is 25.2 Å². The predicted molar refractivity (Wildman–Crippen MR) is 108 cm³/mol. The fraction of sp³-hybridized carbons (Fsp3) is 0.238. The Morgan fingerprint density at radius 2 is 1.97 bits per heavy atom. The number of pyridine rings is 2. The van der Waals surface area contributed by atoms with Gasteiger partial charge in [-0.2, -0.15) is 0 Å². The molecule has 4 N–H and O–H groups in total. The van der Waals surface area contributed by atoms with E-state index < -0.39 is 11.2 Å². The Hall–Kier alpha value is -3.59. The zero-order valence-electron chi connectivity index (χ0n) is 16.6. The van der Waals surface area contributed by atoms with Crippen molar-refractivity contribution < 1.29 is 19.4 Å². The van der Waals surface area contributed by atoms with Gasteiger partial charge in [-0.25, -0.2) is 14.1 Å². The average molecular weight is 409 g/mol. The van der Waals surface area contributed by atoms with Gasteiger partial charge in [-0.1, -0.05) is 17.3 Å². The van der Waals surface area contributed by atoms with Crippen LogP contribution in [0.15, 0.2) is 48.7 Å². The van der Waals surface area contributed by atoms with Crippen molar-refractivity contribution in [3.63, 3.8) is 0 Å². The predicted octanol–water partition coefficient (Wildman–Crippen LogP) is 2.06. The molecule has 0 fully saturated rings. The lowest BCUT2D eigenvalue weighted by Crippen LogP contribution is -2.46. The quantitative estimate of drug-likeness (QED) is 0.343. The standard InChI is InChI=1S/C21H22FN6O2/c1-21(2,12-29)18-8-3-5-13(28(18)30)10-27-11-17(25-26-27)15-9-19(23)24-20-14(15)6-4-7-16(20)22/h3-9,11,29-30H,10,12H2,1-2H3,(H2,23,24)/q+1. The van der Waals surface area contributed by atoms with Crippen molar-refractivity contribution in [3.05, 3.63) is 65.9 Å². The topological polar surface area (TPSA) is 114 Å². The molecule has 154 valence electrons.